The molecule has 0 radical (unpaired) electrons. The van der Waals surface area contributed by atoms with Crippen molar-refractivity contribution in [2.75, 3.05) is 37.8 Å². The molecule has 0 fully saturated rings. The minimum Gasteiger partial charge on any atom is -0.354 e. The number of anilines is 3. The van der Waals surface area contributed by atoms with Gasteiger partial charge in [-0.2, -0.15) is 4.98 Å². The maximum absolute atomic E-state index is 13.4. The predicted octanol–water partition coefficient (Wildman–Crippen LogP) is 4.70. The monoisotopic (exact) mass is 379 g/mol. The summed E-state index contributed by atoms with van der Waals surface area (Å²) < 4.78 is 13.4. The number of rotatable bonds is 8. The lowest BCUT2D eigenvalue weighted by molar-refractivity contribution is 0.405. The van der Waals surface area contributed by atoms with Gasteiger partial charge in [0.1, 0.15) is 11.6 Å². The molecule has 146 valence electrons. The average Bonchev–Trinajstić information content (AvgIpc) is 2.68. The molecule has 3 aromatic rings. The van der Waals surface area contributed by atoms with Gasteiger partial charge in [0.15, 0.2) is 0 Å². The number of halogens is 1. The van der Waals surface area contributed by atoms with E-state index in [1.165, 1.54) is 12.1 Å². The molecule has 2 aromatic carbocycles. The summed E-state index contributed by atoms with van der Waals surface area (Å²) in [4.78, 5) is 11.4. The van der Waals surface area contributed by atoms with Gasteiger partial charge in [-0.3, -0.25) is 0 Å². The number of hydrogen-bond donors (Lipinski definition) is 2. The van der Waals surface area contributed by atoms with Gasteiger partial charge in [-0.1, -0.05) is 30.3 Å². The lowest BCUT2D eigenvalue weighted by Gasteiger charge is -2.14. The molecule has 5 nitrogen and oxygen atoms in total. The van der Waals surface area contributed by atoms with Crippen LogP contribution in [-0.2, 0) is 0 Å². The van der Waals surface area contributed by atoms with E-state index in [9.17, 15) is 4.39 Å². The number of hydrogen-bond acceptors (Lipinski definition) is 5. The van der Waals surface area contributed by atoms with Crippen LogP contribution in [0.25, 0.3) is 11.3 Å². The van der Waals surface area contributed by atoms with E-state index >= 15 is 0 Å². The van der Waals surface area contributed by atoms with Crippen LogP contribution in [0.15, 0.2) is 54.6 Å². The fraction of sp³-hybridized carbons (Fsp3) is 0.273. The Bertz CT molecular complexity index is 912. The molecule has 0 unspecified atom stereocenters. The molecule has 6 heteroatoms. The van der Waals surface area contributed by atoms with Crippen molar-refractivity contribution in [3.05, 3.63) is 66.0 Å². The van der Waals surface area contributed by atoms with Crippen molar-refractivity contribution in [1.82, 2.24) is 14.9 Å². The Kier molecular flexibility index (Phi) is 6.55. The first-order valence-corrected chi connectivity index (χ1v) is 9.37. The molecule has 0 amide bonds. The summed E-state index contributed by atoms with van der Waals surface area (Å²) in [5.74, 6) is 0.986. The van der Waals surface area contributed by atoms with Crippen LogP contribution in [0.2, 0.25) is 0 Å². The Labute approximate surface area is 165 Å². The van der Waals surface area contributed by atoms with Crippen molar-refractivity contribution < 1.29 is 4.39 Å². The van der Waals surface area contributed by atoms with Crippen molar-refractivity contribution in [3.8, 4) is 11.3 Å². The Morgan fingerprint density at radius 1 is 1.00 bits per heavy atom. The molecule has 0 saturated heterocycles. The molecule has 0 aliphatic carbocycles. The summed E-state index contributed by atoms with van der Waals surface area (Å²) in [5.41, 5.74) is 3.48. The zero-order valence-corrected chi connectivity index (χ0v) is 16.5. The van der Waals surface area contributed by atoms with E-state index < -0.39 is 0 Å². The van der Waals surface area contributed by atoms with E-state index in [1.807, 2.05) is 43.3 Å². The molecule has 2 N–H and O–H groups in total. The van der Waals surface area contributed by atoms with Crippen LogP contribution in [0, 0.1) is 12.7 Å². The Morgan fingerprint density at radius 3 is 2.50 bits per heavy atom. The summed E-state index contributed by atoms with van der Waals surface area (Å²) in [6.07, 6.45) is 0.992. The standard InChI is InChI=1S/C22H26FN5/c1-16-14-18(23)10-11-19(16)25-21-15-20(17-8-5-4-6-9-17)26-22(27-21)24-12-7-13-28(2)3/h4-6,8-11,14-15H,7,12-13H2,1-3H3,(H2,24,25,26,27). The first-order valence-electron chi connectivity index (χ1n) is 9.37. The highest BCUT2D eigenvalue weighted by Crippen LogP contribution is 2.25. The third-order valence-electron chi connectivity index (χ3n) is 4.31. The van der Waals surface area contributed by atoms with Crippen molar-refractivity contribution in [2.45, 2.75) is 13.3 Å². The van der Waals surface area contributed by atoms with Gasteiger partial charge in [-0.15, -0.1) is 0 Å². The highest BCUT2D eigenvalue weighted by atomic mass is 19.1. The highest BCUT2D eigenvalue weighted by Gasteiger charge is 2.08. The summed E-state index contributed by atoms with van der Waals surface area (Å²) in [6, 6.07) is 16.6. The van der Waals surface area contributed by atoms with Gasteiger partial charge in [0.25, 0.3) is 0 Å². The maximum atomic E-state index is 13.4. The van der Waals surface area contributed by atoms with Gasteiger partial charge >= 0.3 is 0 Å². The molecule has 28 heavy (non-hydrogen) atoms. The van der Waals surface area contributed by atoms with E-state index in [-0.39, 0.29) is 5.82 Å². The lowest BCUT2D eigenvalue weighted by atomic mass is 10.1. The minimum atomic E-state index is -0.251. The van der Waals surface area contributed by atoms with Gasteiger partial charge < -0.3 is 15.5 Å². The predicted molar refractivity (Wildman–Crippen MR) is 114 cm³/mol. The SMILES string of the molecule is Cc1cc(F)ccc1Nc1cc(-c2ccccc2)nc(NCCCN(C)C)n1. The summed E-state index contributed by atoms with van der Waals surface area (Å²) >= 11 is 0. The molecule has 0 bridgehead atoms. The third kappa shape index (κ3) is 5.50. The molecule has 1 heterocycles. The topological polar surface area (TPSA) is 53.1 Å². The first-order chi connectivity index (χ1) is 13.5. The zero-order chi connectivity index (χ0) is 19.9. The van der Waals surface area contributed by atoms with Gasteiger partial charge in [0, 0.05) is 23.9 Å². The van der Waals surface area contributed by atoms with E-state index in [1.54, 1.807) is 6.07 Å². The second kappa shape index (κ2) is 9.28. The smallest absolute Gasteiger partial charge is 0.225 e. The van der Waals surface area contributed by atoms with E-state index in [0.717, 1.165) is 42.0 Å². The van der Waals surface area contributed by atoms with Crippen LogP contribution in [0.3, 0.4) is 0 Å². The Hall–Kier alpha value is -2.99. The second-order valence-corrected chi connectivity index (χ2v) is 7.00. The molecule has 3 rings (SSSR count). The third-order valence-corrected chi connectivity index (χ3v) is 4.31. The Morgan fingerprint density at radius 2 is 1.79 bits per heavy atom. The summed E-state index contributed by atoms with van der Waals surface area (Å²) in [6.45, 7) is 3.64. The number of benzene rings is 2. The van der Waals surface area contributed by atoms with Crippen LogP contribution in [0.4, 0.5) is 21.8 Å². The zero-order valence-electron chi connectivity index (χ0n) is 16.5. The van der Waals surface area contributed by atoms with Crippen LogP contribution >= 0.6 is 0 Å². The lowest BCUT2D eigenvalue weighted by Crippen LogP contribution is -2.17. The summed E-state index contributed by atoms with van der Waals surface area (Å²) in [5, 5.41) is 6.60. The van der Waals surface area contributed by atoms with E-state index in [2.05, 4.69) is 39.6 Å². The van der Waals surface area contributed by atoms with Crippen molar-refractivity contribution in [2.24, 2.45) is 0 Å². The molecule has 0 aliphatic heterocycles. The van der Waals surface area contributed by atoms with Crippen molar-refractivity contribution in [3.63, 3.8) is 0 Å². The molecule has 0 spiro atoms. The first kappa shape index (κ1) is 19.8. The van der Waals surface area contributed by atoms with Crippen LogP contribution in [0.5, 0.6) is 0 Å². The molecule has 0 saturated carbocycles. The quantitative estimate of drug-likeness (QED) is 0.556. The second-order valence-electron chi connectivity index (χ2n) is 7.00. The molecule has 1 aromatic heterocycles. The molecular formula is C22H26FN5. The van der Waals surface area contributed by atoms with Crippen LogP contribution in [0.1, 0.15) is 12.0 Å². The largest absolute Gasteiger partial charge is 0.354 e. The Balaban J connectivity index is 1.86. The number of aryl methyl sites for hydroxylation is 1. The van der Waals surface area contributed by atoms with Crippen LogP contribution < -0.4 is 10.6 Å². The fourth-order valence-electron chi connectivity index (χ4n) is 2.85. The van der Waals surface area contributed by atoms with E-state index in [0.29, 0.717) is 11.8 Å². The molecule has 0 aliphatic rings. The summed E-state index contributed by atoms with van der Waals surface area (Å²) in [7, 11) is 4.11. The highest BCUT2D eigenvalue weighted by molar-refractivity contribution is 5.68. The molecule has 0 atom stereocenters. The van der Waals surface area contributed by atoms with Crippen molar-refractivity contribution in [1.29, 1.82) is 0 Å². The fourth-order valence-corrected chi connectivity index (χ4v) is 2.85. The van der Waals surface area contributed by atoms with Gasteiger partial charge in [0.2, 0.25) is 5.95 Å². The van der Waals surface area contributed by atoms with Gasteiger partial charge in [-0.05, 0) is 57.7 Å². The van der Waals surface area contributed by atoms with E-state index in [4.69, 9.17) is 0 Å². The number of nitrogens with one attached hydrogen (secondary N) is 2. The minimum absolute atomic E-state index is 0.251. The van der Waals surface area contributed by atoms with Gasteiger partial charge in [-0.25, -0.2) is 9.37 Å². The van der Waals surface area contributed by atoms with Gasteiger partial charge in [0.05, 0.1) is 5.69 Å². The van der Waals surface area contributed by atoms with Crippen molar-refractivity contribution >= 4 is 17.5 Å². The normalized spacial score (nSPS) is 10.9. The molecular weight excluding hydrogens is 353 g/mol. The average molecular weight is 379 g/mol. The van der Waals surface area contributed by atoms with Crippen LogP contribution in [-0.4, -0.2) is 42.1 Å². The number of aromatic nitrogens is 2. The maximum Gasteiger partial charge on any atom is 0.225 e. The number of nitrogens with zero attached hydrogens (tertiary/aromatic N) is 3.